The van der Waals surface area contributed by atoms with Gasteiger partial charge in [0.25, 0.3) is 10.2 Å². The number of nitrogens with two attached hydrogens (primary N) is 2. The van der Waals surface area contributed by atoms with Gasteiger partial charge >= 0.3 is 0 Å². The van der Waals surface area contributed by atoms with Crippen LogP contribution in [0.4, 0.5) is 5.95 Å². The minimum absolute atomic E-state index is 0.0880. The first-order chi connectivity index (χ1) is 14.3. The molecule has 9 nitrogen and oxygen atoms in total. The van der Waals surface area contributed by atoms with E-state index in [1.165, 1.54) is 11.8 Å². The fourth-order valence-corrected chi connectivity index (χ4v) is 4.87. The van der Waals surface area contributed by atoms with Gasteiger partial charge in [0.15, 0.2) is 11.0 Å². The summed E-state index contributed by atoms with van der Waals surface area (Å²) in [4.78, 5) is 13.0. The molecule has 3 aromatic rings. The monoisotopic (exact) mass is 466 g/mol. The third-order valence-electron chi connectivity index (χ3n) is 4.51. The van der Waals surface area contributed by atoms with E-state index in [1.807, 2.05) is 24.3 Å². The summed E-state index contributed by atoms with van der Waals surface area (Å²) in [5, 5.41) is 7.91. The maximum Gasteiger partial charge on any atom is 0.274 e. The summed E-state index contributed by atoms with van der Waals surface area (Å²) < 4.78 is 29.7. The summed E-state index contributed by atoms with van der Waals surface area (Å²) in [6.07, 6.45) is 0.545. The van der Waals surface area contributed by atoms with Gasteiger partial charge in [-0.25, -0.2) is 14.8 Å². The van der Waals surface area contributed by atoms with Crippen LogP contribution in [0.1, 0.15) is 17.5 Å². The molecule has 2 aromatic carbocycles. The summed E-state index contributed by atoms with van der Waals surface area (Å²) in [7, 11) is -3.69. The number of aromatic nitrogens is 3. The molecule has 0 bridgehead atoms. The van der Waals surface area contributed by atoms with Gasteiger partial charge in [-0.1, -0.05) is 41.6 Å². The fraction of sp³-hybridized carbons (Fsp3) is 0.278. The minimum Gasteiger partial charge on any atom is -0.372 e. The Hall–Kier alpha value is -2.02. The van der Waals surface area contributed by atoms with E-state index in [9.17, 15) is 8.42 Å². The van der Waals surface area contributed by atoms with Crippen molar-refractivity contribution in [3.63, 3.8) is 0 Å². The van der Waals surface area contributed by atoms with E-state index in [0.717, 1.165) is 21.9 Å². The second-order valence-electron chi connectivity index (χ2n) is 6.67. The first-order valence-corrected chi connectivity index (χ1v) is 12.0. The lowest BCUT2D eigenvalue weighted by Gasteiger charge is -2.20. The predicted octanol–water partition coefficient (Wildman–Crippen LogP) is 2.23. The van der Waals surface area contributed by atoms with Crippen molar-refractivity contribution in [2.24, 2.45) is 5.14 Å². The lowest BCUT2D eigenvalue weighted by molar-refractivity contribution is 0.103. The molecule has 2 heterocycles. The topological polar surface area (TPSA) is 146 Å². The molecular weight excluding hydrogens is 448 g/mol. The average molecular weight is 467 g/mol. The first kappa shape index (κ1) is 21.2. The Morgan fingerprint density at radius 1 is 1.20 bits per heavy atom. The highest BCUT2D eigenvalue weighted by Gasteiger charge is 2.21. The quantitative estimate of drug-likeness (QED) is 0.355. The highest BCUT2D eigenvalue weighted by Crippen LogP contribution is 2.39. The van der Waals surface area contributed by atoms with E-state index in [-0.39, 0.29) is 12.5 Å². The number of hydrogen-bond donors (Lipinski definition) is 3. The van der Waals surface area contributed by atoms with Crippen molar-refractivity contribution in [3.05, 3.63) is 40.4 Å². The largest absolute Gasteiger partial charge is 0.372 e. The van der Waals surface area contributed by atoms with E-state index in [2.05, 4.69) is 19.7 Å². The second kappa shape index (κ2) is 8.61. The number of ether oxygens (including phenoxy) is 1. The SMILES string of the molecule is Nc1nc(SCCCNS(N)(=O)=O)nc(-c2c(Cl)cc3c4c(cccc24)COC3)n1. The molecule has 0 atom stereocenters. The van der Waals surface area contributed by atoms with Crippen LogP contribution in [-0.2, 0) is 28.2 Å². The van der Waals surface area contributed by atoms with Gasteiger partial charge in [0.2, 0.25) is 5.95 Å². The van der Waals surface area contributed by atoms with Crippen LogP contribution in [0.2, 0.25) is 5.02 Å². The number of rotatable bonds is 7. The van der Waals surface area contributed by atoms with Gasteiger partial charge in [-0.3, -0.25) is 0 Å². The van der Waals surface area contributed by atoms with Crippen molar-refractivity contribution in [3.8, 4) is 11.4 Å². The molecule has 0 saturated carbocycles. The molecule has 0 fully saturated rings. The summed E-state index contributed by atoms with van der Waals surface area (Å²) in [5.74, 6) is 1.05. The van der Waals surface area contributed by atoms with Crippen LogP contribution in [-0.4, -0.2) is 35.7 Å². The summed E-state index contributed by atoms with van der Waals surface area (Å²) in [6.45, 7) is 1.26. The molecule has 1 aliphatic heterocycles. The van der Waals surface area contributed by atoms with Crippen molar-refractivity contribution in [1.82, 2.24) is 19.7 Å². The number of benzene rings is 2. The molecule has 0 amide bonds. The number of hydrogen-bond acceptors (Lipinski definition) is 8. The van der Waals surface area contributed by atoms with Gasteiger partial charge in [-0.15, -0.1) is 0 Å². The molecular formula is C18H19ClN6O3S2. The molecule has 0 spiro atoms. The van der Waals surface area contributed by atoms with Crippen LogP contribution in [0.3, 0.4) is 0 Å². The number of nitrogens with one attached hydrogen (secondary N) is 1. The highest BCUT2D eigenvalue weighted by atomic mass is 35.5. The molecule has 4 rings (SSSR count). The Balaban J connectivity index is 1.65. The summed E-state index contributed by atoms with van der Waals surface area (Å²) >= 11 is 7.96. The maximum atomic E-state index is 10.9. The fourth-order valence-electron chi connectivity index (χ4n) is 3.34. The maximum absolute atomic E-state index is 10.9. The molecule has 1 aromatic heterocycles. The third-order valence-corrected chi connectivity index (χ3v) is 6.35. The first-order valence-electron chi connectivity index (χ1n) is 9.04. The zero-order valence-electron chi connectivity index (χ0n) is 15.8. The Kier molecular flexibility index (Phi) is 6.09. The molecule has 30 heavy (non-hydrogen) atoms. The number of nitrogens with zero attached hydrogens (tertiary/aromatic N) is 3. The van der Waals surface area contributed by atoms with Crippen molar-refractivity contribution in [1.29, 1.82) is 0 Å². The average Bonchev–Trinajstić information content (AvgIpc) is 2.67. The van der Waals surface area contributed by atoms with Crippen LogP contribution in [0.15, 0.2) is 29.4 Å². The minimum atomic E-state index is -3.69. The molecule has 0 aliphatic carbocycles. The van der Waals surface area contributed by atoms with Gasteiger partial charge in [0, 0.05) is 17.9 Å². The van der Waals surface area contributed by atoms with Crippen molar-refractivity contribution < 1.29 is 13.2 Å². The zero-order valence-corrected chi connectivity index (χ0v) is 18.1. The van der Waals surface area contributed by atoms with E-state index in [1.54, 1.807) is 0 Å². The summed E-state index contributed by atoms with van der Waals surface area (Å²) in [6, 6.07) is 7.85. The van der Waals surface area contributed by atoms with Crippen LogP contribution in [0.5, 0.6) is 0 Å². The molecule has 0 saturated heterocycles. The number of thioether (sulfide) groups is 1. The van der Waals surface area contributed by atoms with Gasteiger partial charge in [-0.05, 0) is 34.4 Å². The smallest absolute Gasteiger partial charge is 0.274 e. The van der Waals surface area contributed by atoms with E-state index in [4.69, 9.17) is 27.2 Å². The van der Waals surface area contributed by atoms with Gasteiger partial charge < -0.3 is 10.5 Å². The Morgan fingerprint density at radius 3 is 2.80 bits per heavy atom. The normalized spacial score (nSPS) is 13.7. The highest BCUT2D eigenvalue weighted by molar-refractivity contribution is 7.99. The second-order valence-corrected chi connectivity index (χ2v) is 9.51. The van der Waals surface area contributed by atoms with Crippen LogP contribution >= 0.6 is 23.4 Å². The van der Waals surface area contributed by atoms with E-state index < -0.39 is 10.2 Å². The van der Waals surface area contributed by atoms with Crippen molar-refractivity contribution >= 4 is 50.3 Å². The molecule has 1 aliphatic rings. The van der Waals surface area contributed by atoms with Crippen LogP contribution < -0.4 is 15.6 Å². The van der Waals surface area contributed by atoms with E-state index in [0.29, 0.717) is 47.0 Å². The number of anilines is 1. The molecule has 12 heteroatoms. The molecule has 158 valence electrons. The number of halogens is 1. The number of nitrogen functional groups attached to an aromatic ring is 1. The molecule has 5 N–H and O–H groups in total. The Morgan fingerprint density at radius 2 is 2.00 bits per heavy atom. The lowest BCUT2D eigenvalue weighted by atomic mass is 9.94. The Bertz CT molecular complexity index is 1220. The van der Waals surface area contributed by atoms with E-state index >= 15 is 0 Å². The van der Waals surface area contributed by atoms with Crippen LogP contribution in [0, 0.1) is 0 Å². The predicted molar refractivity (Wildman–Crippen MR) is 117 cm³/mol. The Labute approximate surface area is 182 Å². The standard InChI is InChI=1S/C18H19ClN6O3S2/c19-13-7-11-9-28-8-10-3-1-4-12(14(10)11)15(13)16-23-17(20)25-18(24-16)29-6-2-5-22-30(21,26)27/h1,3-4,7,22H,2,5-6,8-9H2,(H2,21,26,27)(H2,20,23,24,25). The zero-order chi connectivity index (χ0) is 21.3. The van der Waals surface area contributed by atoms with Crippen molar-refractivity contribution in [2.45, 2.75) is 24.8 Å². The lowest BCUT2D eigenvalue weighted by Crippen LogP contribution is -2.31. The molecule has 0 radical (unpaired) electrons. The van der Waals surface area contributed by atoms with Crippen molar-refractivity contribution in [2.75, 3.05) is 18.0 Å². The summed E-state index contributed by atoms with van der Waals surface area (Å²) in [5.41, 5.74) is 8.74. The van der Waals surface area contributed by atoms with Crippen LogP contribution in [0.25, 0.3) is 22.2 Å². The molecule has 0 unspecified atom stereocenters. The van der Waals surface area contributed by atoms with Gasteiger partial charge in [-0.2, -0.15) is 18.4 Å². The van der Waals surface area contributed by atoms with Gasteiger partial charge in [0.05, 0.1) is 18.2 Å². The third kappa shape index (κ3) is 4.66. The van der Waals surface area contributed by atoms with Gasteiger partial charge in [0.1, 0.15) is 0 Å².